The standard InChI is InChI=1S/C23H29NO4/c1-15-9-10-16-7-5-6-8-19(16)20(15)23(26)11-17-13-27-14-18(12-23)24(17)21(25)28-22(2,3)4/h5-10,17-18,26H,11-14H2,1-4H3. The van der Waals surface area contributed by atoms with E-state index in [1.807, 2.05) is 39.8 Å². The number of carbonyl (C=O) groups excluding carboxylic acids is 1. The van der Waals surface area contributed by atoms with Crippen LogP contribution in [0.5, 0.6) is 0 Å². The van der Waals surface area contributed by atoms with Crippen molar-refractivity contribution in [3.8, 4) is 0 Å². The molecule has 2 saturated heterocycles. The van der Waals surface area contributed by atoms with Crippen LogP contribution in [0.4, 0.5) is 4.79 Å². The molecule has 2 aliphatic rings. The molecule has 28 heavy (non-hydrogen) atoms. The summed E-state index contributed by atoms with van der Waals surface area (Å²) in [5.74, 6) is 0. The van der Waals surface area contributed by atoms with Gasteiger partial charge in [-0.1, -0.05) is 36.4 Å². The molecule has 1 amide bonds. The third-order valence-electron chi connectivity index (χ3n) is 5.76. The summed E-state index contributed by atoms with van der Waals surface area (Å²) in [6.45, 7) is 8.50. The summed E-state index contributed by atoms with van der Waals surface area (Å²) in [6, 6.07) is 11.9. The summed E-state index contributed by atoms with van der Waals surface area (Å²) in [6.07, 6.45) is 0.567. The minimum atomic E-state index is -0.997. The van der Waals surface area contributed by atoms with Gasteiger partial charge in [-0.05, 0) is 49.6 Å². The highest BCUT2D eigenvalue weighted by Gasteiger charge is 2.50. The SMILES string of the molecule is Cc1ccc2ccccc2c1C1(O)CC2COCC(C1)N2C(=O)OC(C)(C)C. The summed E-state index contributed by atoms with van der Waals surface area (Å²) in [5.41, 5.74) is 0.506. The third kappa shape index (κ3) is 3.38. The van der Waals surface area contributed by atoms with Gasteiger partial charge in [0, 0.05) is 12.8 Å². The predicted molar refractivity (Wildman–Crippen MR) is 108 cm³/mol. The fourth-order valence-corrected chi connectivity index (χ4v) is 4.79. The Morgan fingerprint density at radius 2 is 1.79 bits per heavy atom. The molecule has 0 aromatic heterocycles. The van der Waals surface area contributed by atoms with Crippen LogP contribution in [0.1, 0.15) is 44.7 Å². The van der Waals surface area contributed by atoms with Gasteiger partial charge in [-0.25, -0.2) is 4.79 Å². The summed E-state index contributed by atoms with van der Waals surface area (Å²) in [4.78, 5) is 14.6. The smallest absolute Gasteiger partial charge is 0.410 e. The second-order valence-electron chi connectivity index (χ2n) is 9.15. The van der Waals surface area contributed by atoms with Crippen LogP contribution in [0, 0.1) is 6.92 Å². The van der Waals surface area contributed by atoms with E-state index >= 15 is 0 Å². The molecular weight excluding hydrogens is 354 g/mol. The van der Waals surface area contributed by atoms with E-state index in [0.29, 0.717) is 26.1 Å². The van der Waals surface area contributed by atoms with E-state index in [2.05, 4.69) is 24.3 Å². The number of morpholine rings is 1. The zero-order valence-electron chi connectivity index (χ0n) is 17.1. The molecule has 2 atom stereocenters. The Bertz CT molecular complexity index is 887. The second-order valence-corrected chi connectivity index (χ2v) is 9.15. The fraction of sp³-hybridized carbons (Fsp3) is 0.522. The lowest BCUT2D eigenvalue weighted by Crippen LogP contribution is -2.63. The van der Waals surface area contributed by atoms with Crippen LogP contribution >= 0.6 is 0 Å². The highest BCUT2D eigenvalue weighted by Crippen LogP contribution is 2.44. The minimum Gasteiger partial charge on any atom is -0.444 e. The van der Waals surface area contributed by atoms with Crippen LogP contribution in [0.3, 0.4) is 0 Å². The topological polar surface area (TPSA) is 59.0 Å². The van der Waals surface area contributed by atoms with Crippen LogP contribution in [-0.2, 0) is 15.1 Å². The third-order valence-corrected chi connectivity index (χ3v) is 5.76. The van der Waals surface area contributed by atoms with Gasteiger partial charge in [-0.15, -0.1) is 0 Å². The molecule has 1 N–H and O–H groups in total. The number of rotatable bonds is 1. The van der Waals surface area contributed by atoms with E-state index in [-0.39, 0.29) is 18.2 Å². The maximum Gasteiger partial charge on any atom is 0.410 e. The largest absolute Gasteiger partial charge is 0.444 e. The molecule has 5 heteroatoms. The molecule has 2 heterocycles. The van der Waals surface area contributed by atoms with Crippen molar-refractivity contribution in [2.45, 2.75) is 63.8 Å². The summed E-state index contributed by atoms with van der Waals surface area (Å²) in [7, 11) is 0. The van der Waals surface area contributed by atoms with Crippen molar-refractivity contribution in [2.24, 2.45) is 0 Å². The van der Waals surface area contributed by atoms with E-state index in [4.69, 9.17) is 9.47 Å². The van der Waals surface area contributed by atoms with E-state index in [0.717, 1.165) is 21.9 Å². The van der Waals surface area contributed by atoms with Crippen molar-refractivity contribution in [3.63, 3.8) is 0 Å². The number of ether oxygens (including phenoxy) is 2. The molecule has 2 aromatic carbocycles. The monoisotopic (exact) mass is 383 g/mol. The molecule has 2 unspecified atom stereocenters. The summed E-state index contributed by atoms with van der Waals surface area (Å²) < 4.78 is 11.4. The van der Waals surface area contributed by atoms with Crippen molar-refractivity contribution in [3.05, 3.63) is 47.5 Å². The van der Waals surface area contributed by atoms with Gasteiger partial charge in [0.25, 0.3) is 0 Å². The summed E-state index contributed by atoms with van der Waals surface area (Å²) >= 11 is 0. The molecule has 2 bridgehead atoms. The lowest BCUT2D eigenvalue weighted by molar-refractivity contribution is -0.140. The van der Waals surface area contributed by atoms with E-state index in [1.165, 1.54) is 0 Å². The quantitative estimate of drug-likeness (QED) is 0.804. The molecule has 2 fully saturated rings. The second kappa shape index (κ2) is 6.75. The Morgan fingerprint density at radius 1 is 1.14 bits per heavy atom. The molecular formula is C23H29NO4. The van der Waals surface area contributed by atoms with Gasteiger partial charge in [0.1, 0.15) is 5.60 Å². The fourth-order valence-electron chi connectivity index (χ4n) is 4.79. The van der Waals surface area contributed by atoms with E-state index < -0.39 is 11.2 Å². The molecule has 0 radical (unpaired) electrons. The lowest BCUT2D eigenvalue weighted by Gasteiger charge is -2.51. The highest BCUT2D eigenvalue weighted by atomic mass is 16.6. The number of carbonyl (C=O) groups is 1. The molecule has 5 nitrogen and oxygen atoms in total. The van der Waals surface area contributed by atoms with Crippen LogP contribution in [0.2, 0.25) is 0 Å². The first kappa shape index (κ1) is 19.2. The number of hydrogen-bond acceptors (Lipinski definition) is 4. The summed E-state index contributed by atoms with van der Waals surface area (Å²) in [5, 5.41) is 14.0. The van der Waals surface area contributed by atoms with Gasteiger partial charge in [0.15, 0.2) is 0 Å². The molecule has 0 spiro atoms. The Morgan fingerprint density at radius 3 is 2.43 bits per heavy atom. The van der Waals surface area contributed by atoms with Gasteiger partial charge < -0.3 is 14.6 Å². The van der Waals surface area contributed by atoms with Crippen LogP contribution in [0.15, 0.2) is 36.4 Å². The Labute approximate surface area is 166 Å². The molecule has 0 saturated carbocycles. The maximum atomic E-state index is 12.8. The first-order valence-electron chi connectivity index (χ1n) is 9.98. The average molecular weight is 383 g/mol. The molecule has 2 aromatic rings. The Hall–Kier alpha value is -2.11. The number of amides is 1. The van der Waals surface area contributed by atoms with Gasteiger partial charge in [-0.3, -0.25) is 4.90 Å². The van der Waals surface area contributed by atoms with Crippen LogP contribution < -0.4 is 0 Å². The number of nitrogens with zero attached hydrogens (tertiary/aromatic N) is 1. The number of aryl methyl sites for hydroxylation is 1. The zero-order valence-corrected chi connectivity index (χ0v) is 17.1. The Kier molecular flexibility index (Phi) is 4.63. The number of hydrogen-bond donors (Lipinski definition) is 1. The van der Waals surface area contributed by atoms with Gasteiger partial charge >= 0.3 is 6.09 Å². The normalized spacial score (nSPS) is 27.7. The predicted octanol–water partition coefficient (Wildman–Crippen LogP) is 4.13. The lowest BCUT2D eigenvalue weighted by atomic mass is 9.74. The maximum absolute atomic E-state index is 12.8. The van der Waals surface area contributed by atoms with Crippen LogP contribution in [0.25, 0.3) is 10.8 Å². The van der Waals surface area contributed by atoms with E-state index in [9.17, 15) is 9.90 Å². The number of aliphatic hydroxyl groups is 1. The molecule has 150 valence electrons. The zero-order chi connectivity index (χ0) is 20.1. The first-order valence-corrected chi connectivity index (χ1v) is 9.98. The van der Waals surface area contributed by atoms with Gasteiger partial charge in [0.2, 0.25) is 0 Å². The van der Waals surface area contributed by atoms with Crippen molar-refractivity contribution in [2.75, 3.05) is 13.2 Å². The highest BCUT2D eigenvalue weighted by molar-refractivity contribution is 5.87. The van der Waals surface area contributed by atoms with Crippen molar-refractivity contribution in [1.82, 2.24) is 4.90 Å². The number of fused-ring (bicyclic) bond motifs is 3. The number of benzene rings is 2. The van der Waals surface area contributed by atoms with E-state index in [1.54, 1.807) is 4.90 Å². The van der Waals surface area contributed by atoms with Crippen molar-refractivity contribution in [1.29, 1.82) is 0 Å². The van der Waals surface area contributed by atoms with Crippen molar-refractivity contribution >= 4 is 16.9 Å². The Balaban J connectivity index is 1.71. The van der Waals surface area contributed by atoms with Gasteiger partial charge in [-0.2, -0.15) is 0 Å². The molecule has 4 rings (SSSR count). The van der Waals surface area contributed by atoms with Gasteiger partial charge in [0.05, 0.1) is 30.9 Å². The first-order chi connectivity index (χ1) is 13.2. The van der Waals surface area contributed by atoms with Crippen molar-refractivity contribution < 1.29 is 19.4 Å². The van der Waals surface area contributed by atoms with Crippen LogP contribution in [-0.4, -0.2) is 47.0 Å². The number of piperidine rings is 1. The molecule has 0 aliphatic carbocycles. The minimum absolute atomic E-state index is 0.203. The molecule has 2 aliphatic heterocycles. The average Bonchev–Trinajstić information content (AvgIpc) is 2.59.